The predicted molar refractivity (Wildman–Crippen MR) is 106 cm³/mol. The second-order valence-corrected chi connectivity index (χ2v) is 6.96. The lowest BCUT2D eigenvalue weighted by atomic mass is 10.1. The SMILES string of the molecule is C[NH+](CC(=O)Nc1ccc(N2CCOCC2)cc1)C[C@@H](O)c1ccccc1. The van der Waals surface area contributed by atoms with Gasteiger partial charge in [0.2, 0.25) is 0 Å². The molecule has 0 spiro atoms. The lowest BCUT2D eigenvalue weighted by Crippen LogP contribution is -3.10. The molecular formula is C21H28N3O3+. The first-order chi connectivity index (χ1) is 13.1. The summed E-state index contributed by atoms with van der Waals surface area (Å²) >= 11 is 0. The zero-order valence-electron chi connectivity index (χ0n) is 15.7. The van der Waals surface area contributed by atoms with Crippen LogP contribution in [0.3, 0.4) is 0 Å². The molecule has 2 atom stereocenters. The number of nitrogens with one attached hydrogen (secondary N) is 2. The fourth-order valence-electron chi connectivity index (χ4n) is 3.25. The molecule has 0 bridgehead atoms. The van der Waals surface area contributed by atoms with Crippen LogP contribution in [0.25, 0.3) is 0 Å². The van der Waals surface area contributed by atoms with Gasteiger partial charge in [-0.25, -0.2) is 0 Å². The summed E-state index contributed by atoms with van der Waals surface area (Å²) in [6, 6.07) is 17.4. The number of aliphatic hydroxyl groups is 1. The van der Waals surface area contributed by atoms with E-state index in [4.69, 9.17) is 4.74 Å². The van der Waals surface area contributed by atoms with Crippen LogP contribution in [0.2, 0.25) is 0 Å². The highest BCUT2D eigenvalue weighted by Gasteiger charge is 2.16. The molecule has 1 aliphatic heterocycles. The van der Waals surface area contributed by atoms with Crippen molar-refractivity contribution in [2.75, 3.05) is 56.7 Å². The van der Waals surface area contributed by atoms with E-state index in [2.05, 4.69) is 10.2 Å². The number of hydrogen-bond donors (Lipinski definition) is 3. The van der Waals surface area contributed by atoms with Crippen LogP contribution in [0.5, 0.6) is 0 Å². The third kappa shape index (κ3) is 5.79. The van der Waals surface area contributed by atoms with Crippen molar-refractivity contribution in [3.05, 3.63) is 60.2 Å². The normalized spacial score (nSPS) is 16.6. The van der Waals surface area contributed by atoms with E-state index in [0.717, 1.165) is 48.1 Å². The zero-order valence-corrected chi connectivity index (χ0v) is 15.7. The number of morpholine rings is 1. The van der Waals surface area contributed by atoms with Gasteiger partial charge >= 0.3 is 0 Å². The van der Waals surface area contributed by atoms with Gasteiger partial charge in [-0.15, -0.1) is 0 Å². The maximum Gasteiger partial charge on any atom is 0.279 e. The molecule has 144 valence electrons. The van der Waals surface area contributed by atoms with Gasteiger partial charge in [-0.1, -0.05) is 30.3 Å². The topological polar surface area (TPSA) is 66.2 Å². The molecule has 1 heterocycles. The third-order valence-electron chi connectivity index (χ3n) is 4.72. The van der Waals surface area contributed by atoms with Gasteiger partial charge in [0.05, 0.1) is 20.3 Å². The summed E-state index contributed by atoms with van der Waals surface area (Å²) in [7, 11) is 1.91. The summed E-state index contributed by atoms with van der Waals surface area (Å²) in [4.78, 5) is 15.5. The Morgan fingerprint density at radius 2 is 1.81 bits per heavy atom. The Labute approximate surface area is 160 Å². The number of likely N-dealkylation sites (N-methyl/N-ethyl adjacent to an activating group) is 1. The molecule has 1 amide bonds. The van der Waals surface area contributed by atoms with Crippen molar-refractivity contribution in [2.24, 2.45) is 0 Å². The van der Waals surface area contributed by atoms with E-state index in [1.54, 1.807) is 0 Å². The van der Waals surface area contributed by atoms with Crippen LogP contribution in [0.4, 0.5) is 11.4 Å². The Hall–Kier alpha value is -2.41. The van der Waals surface area contributed by atoms with Crippen molar-refractivity contribution in [3.63, 3.8) is 0 Å². The summed E-state index contributed by atoms with van der Waals surface area (Å²) < 4.78 is 5.37. The monoisotopic (exact) mass is 370 g/mol. The Balaban J connectivity index is 1.47. The number of rotatable bonds is 7. The van der Waals surface area contributed by atoms with Gasteiger partial charge in [-0.3, -0.25) is 4.79 Å². The number of carbonyl (C=O) groups excluding carboxylic acids is 1. The predicted octanol–water partition coefficient (Wildman–Crippen LogP) is 0.710. The van der Waals surface area contributed by atoms with Gasteiger partial charge in [-0.2, -0.15) is 0 Å². The van der Waals surface area contributed by atoms with Gasteiger partial charge in [0.15, 0.2) is 6.54 Å². The molecule has 2 aromatic rings. The van der Waals surface area contributed by atoms with Crippen molar-refractivity contribution in [1.82, 2.24) is 0 Å². The summed E-state index contributed by atoms with van der Waals surface area (Å²) in [5, 5.41) is 13.2. The maximum atomic E-state index is 12.3. The van der Waals surface area contributed by atoms with E-state index < -0.39 is 6.10 Å². The number of anilines is 2. The zero-order chi connectivity index (χ0) is 19.1. The van der Waals surface area contributed by atoms with E-state index in [-0.39, 0.29) is 5.91 Å². The molecular weight excluding hydrogens is 342 g/mol. The highest BCUT2D eigenvalue weighted by atomic mass is 16.5. The molecule has 27 heavy (non-hydrogen) atoms. The van der Waals surface area contributed by atoms with Crippen LogP contribution in [0.1, 0.15) is 11.7 Å². The van der Waals surface area contributed by atoms with E-state index in [1.165, 1.54) is 0 Å². The molecule has 1 unspecified atom stereocenters. The Kier molecular flexibility index (Phi) is 6.81. The van der Waals surface area contributed by atoms with Gasteiger partial charge < -0.3 is 25.0 Å². The number of ether oxygens (including phenoxy) is 1. The van der Waals surface area contributed by atoms with E-state index in [0.29, 0.717) is 13.1 Å². The number of aliphatic hydroxyl groups excluding tert-OH is 1. The smallest absolute Gasteiger partial charge is 0.279 e. The standard InChI is InChI=1S/C21H27N3O3/c1-23(15-20(25)17-5-3-2-4-6-17)16-21(26)22-18-7-9-19(10-8-18)24-11-13-27-14-12-24/h2-10,20,25H,11-16H2,1H3,(H,22,26)/p+1/t20-/m1/s1. The van der Waals surface area contributed by atoms with Crippen LogP contribution in [0.15, 0.2) is 54.6 Å². The lowest BCUT2D eigenvalue weighted by Gasteiger charge is -2.28. The summed E-state index contributed by atoms with van der Waals surface area (Å²) in [5.74, 6) is -0.0631. The average Bonchev–Trinajstić information content (AvgIpc) is 2.69. The highest BCUT2D eigenvalue weighted by Crippen LogP contribution is 2.18. The third-order valence-corrected chi connectivity index (χ3v) is 4.72. The lowest BCUT2D eigenvalue weighted by molar-refractivity contribution is -0.875. The molecule has 6 nitrogen and oxygen atoms in total. The first-order valence-electron chi connectivity index (χ1n) is 9.39. The van der Waals surface area contributed by atoms with Gasteiger partial charge in [-0.05, 0) is 29.8 Å². The second kappa shape index (κ2) is 9.50. The molecule has 6 heteroatoms. The van der Waals surface area contributed by atoms with Crippen molar-refractivity contribution in [1.29, 1.82) is 0 Å². The van der Waals surface area contributed by atoms with Gasteiger partial charge in [0.25, 0.3) is 5.91 Å². The van der Waals surface area contributed by atoms with E-state index >= 15 is 0 Å². The minimum absolute atomic E-state index is 0.0631. The first kappa shape index (κ1) is 19.4. The molecule has 0 aliphatic carbocycles. The highest BCUT2D eigenvalue weighted by molar-refractivity contribution is 5.91. The van der Waals surface area contributed by atoms with E-state index in [1.807, 2.05) is 61.6 Å². The number of carbonyl (C=O) groups is 1. The second-order valence-electron chi connectivity index (χ2n) is 6.96. The van der Waals surface area contributed by atoms with Crippen LogP contribution >= 0.6 is 0 Å². The first-order valence-corrected chi connectivity index (χ1v) is 9.39. The minimum atomic E-state index is -0.577. The molecule has 0 radical (unpaired) electrons. The van der Waals surface area contributed by atoms with Crippen LogP contribution < -0.4 is 15.1 Å². The molecule has 0 saturated carbocycles. The van der Waals surface area contributed by atoms with Crippen molar-refractivity contribution in [3.8, 4) is 0 Å². The Morgan fingerprint density at radius 1 is 1.15 bits per heavy atom. The molecule has 3 rings (SSSR count). The fraction of sp³-hybridized carbons (Fsp3) is 0.381. The van der Waals surface area contributed by atoms with Crippen molar-refractivity contribution in [2.45, 2.75) is 6.10 Å². The van der Waals surface area contributed by atoms with E-state index in [9.17, 15) is 9.90 Å². The summed E-state index contributed by atoms with van der Waals surface area (Å²) in [5.41, 5.74) is 2.80. The van der Waals surface area contributed by atoms with Crippen LogP contribution in [-0.2, 0) is 9.53 Å². The quantitative estimate of drug-likeness (QED) is 0.672. The molecule has 1 saturated heterocycles. The molecule has 2 aromatic carbocycles. The maximum absolute atomic E-state index is 12.3. The summed E-state index contributed by atoms with van der Waals surface area (Å²) in [6.45, 7) is 4.07. The van der Waals surface area contributed by atoms with Crippen molar-refractivity contribution < 1.29 is 19.5 Å². The fourth-order valence-corrected chi connectivity index (χ4v) is 3.25. The number of hydrogen-bond acceptors (Lipinski definition) is 4. The van der Waals surface area contributed by atoms with Crippen LogP contribution in [0, 0.1) is 0 Å². The average molecular weight is 370 g/mol. The number of amides is 1. The Bertz CT molecular complexity index is 715. The molecule has 1 aliphatic rings. The van der Waals surface area contributed by atoms with Gasteiger partial charge in [0.1, 0.15) is 12.6 Å². The Morgan fingerprint density at radius 3 is 2.48 bits per heavy atom. The number of nitrogens with zero attached hydrogens (tertiary/aromatic N) is 1. The van der Waals surface area contributed by atoms with Crippen LogP contribution in [-0.4, -0.2) is 57.5 Å². The number of benzene rings is 2. The number of quaternary nitrogens is 1. The van der Waals surface area contributed by atoms with Gasteiger partial charge in [0, 0.05) is 24.5 Å². The molecule has 0 aromatic heterocycles. The summed E-state index contributed by atoms with van der Waals surface area (Å²) in [6.07, 6.45) is -0.577. The minimum Gasteiger partial charge on any atom is -0.382 e. The largest absolute Gasteiger partial charge is 0.382 e. The molecule has 3 N–H and O–H groups in total. The van der Waals surface area contributed by atoms with Crippen molar-refractivity contribution >= 4 is 17.3 Å². The molecule has 1 fully saturated rings.